The summed E-state index contributed by atoms with van der Waals surface area (Å²) in [6, 6.07) is 1.85. The first-order valence-electron chi connectivity index (χ1n) is 6.16. The molecule has 0 aromatic rings. The minimum atomic E-state index is 0.378. The average Bonchev–Trinajstić information content (AvgIpc) is 2.12. The highest BCUT2D eigenvalue weighted by atomic mass is 15.2. The highest BCUT2D eigenvalue weighted by molar-refractivity contribution is 4.82. The van der Waals surface area contributed by atoms with Crippen molar-refractivity contribution in [2.24, 2.45) is 5.73 Å². The van der Waals surface area contributed by atoms with E-state index in [2.05, 4.69) is 25.7 Å². The Labute approximate surface area is 88.8 Å². The molecule has 1 aliphatic rings. The van der Waals surface area contributed by atoms with E-state index in [1.807, 2.05) is 0 Å². The lowest BCUT2D eigenvalue weighted by Crippen LogP contribution is -2.49. The average molecular weight is 198 g/mol. The SMILES string of the molecule is CCCC(N)CN1[C@H](C)CCC[C@@H]1C. The summed E-state index contributed by atoms with van der Waals surface area (Å²) in [5.74, 6) is 0. The molecule has 1 saturated heterocycles. The van der Waals surface area contributed by atoms with Crippen molar-refractivity contribution in [1.82, 2.24) is 4.90 Å². The van der Waals surface area contributed by atoms with Crippen LogP contribution in [0.4, 0.5) is 0 Å². The maximum atomic E-state index is 6.10. The first-order chi connectivity index (χ1) is 6.65. The van der Waals surface area contributed by atoms with Crippen molar-refractivity contribution in [1.29, 1.82) is 0 Å². The molecule has 0 saturated carbocycles. The van der Waals surface area contributed by atoms with Gasteiger partial charge in [-0.2, -0.15) is 0 Å². The largest absolute Gasteiger partial charge is 0.327 e. The van der Waals surface area contributed by atoms with Gasteiger partial charge in [0, 0.05) is 24.7 Å². The molecule has 0 aliphatic carbocycles. The molecule has 1 fully saturated rings. The zero-order valence-corrected chi connectivity index (χ0v) is 10.00. The molecule has 0 spiro atoms. The fraction of sp³-hybridized carbons (Fsp3) is 1.00. The van der Waals surface area contributed by atoms with Crippen molar-refractivity contribution < 1.29 is 0 Å². The molecule has 0 amide bonds. The molecule has 1 aliphatic heterocycles. The summed E-state index contributed by atoms with van der Waals surface area (Å²) in [6.07, 6.45) is 6.46. The van der Waals surface area contributed by atoms with Crippen molar-refractivity contribution in [3.05, 3.63) is 0 Å². The van der Waals surface area contributed by atoms with Crippen LogP contribution in [0.25, 0.3) is 0 Å². The molecular weight excluding hydrogens is 172 g/mol. The Bertz CT molecular complexity index is 148. The first kappa shape index (κ1) is 12.0. The van der Waals surface area contributed by atoms with Crippen LogP contribution in [0.2, 0.25) is 0 Å². The van der Waals surface area contributed by atoms with Gasteiger partial charge in [-0.3, -0.25) is 4.90 Å². The van der Waals surface area contributed by atoms with Crippen molar-refractivity contribution in [2.75, 3.05) is 6.54 Å². The van der Waals surface area contributed by atoms with Gasteiger partial charge in [-0.15, -0.1) is 0 Å². The molecule has 0 bridgehead atoms. The maximum Gasteiger partial charge on any atom is 0.0167 e. The highest BCUT2D eigenvalue weighted by Gasteiger charge is 2.25. The molecule has 14 heavy (non-hydrogen) atoms. The zero-order valence-electron chi connectivity index (χ0n) is 10.00. The van der Waals surface area contributed by atoms with E-state index in [1.54, 1.807) is 0 Å². The van der Waals surface area contributed by atoms with Crippen molar-refractivity contribution in [3.8, 4) is 0 Å². The molecule has 0 aromatic carbocycles. The van der Waals surface area contributed by atoms with Gasteiger partial charge in [0.05, 0.1) is 0 Å². The predicted octanol–water partition coefficient (Wildman–Crippen LogP) is 2.38. The van der Waals surface area contributed by atoms with Crippen LogP contribution in [0.15, 0.2) is 0 Å². The summed E-state index contributed by atoms with van der Waals surface area (Å²) in [5, 5.41) is 0. The lowest BCUT2D eigenvalue weighted by molar-refractivity contribution is 0.0949. The Morgan fingerprint density at radius 3 is 2.36 bits per heavy atom. The van der Waals surface area contributed by atoms with E-state index in [0.29, 0.717) is 6.04 Å². The standard InChI is InChI=1S/C12H26N2/c1-4-6-12(13)9-14-10(2)7-5-8-11(14)3/h10-12H,4-9,13H2,1-3H3/t10-,11+,12?. The van der Waals surface area contributed by atoms with E-state index in [0.717, 1.165) is 25.0 Å². The van der Waals surface area contributed by atoms with Crippen LogP contribution in [-0.2, 0) is 0 Å². The van der Waals surface area contributed by atoms with Crippen molar-refractivity contribution in [2.45, 2.75) is 71.0 Å². The molecular formula is C12H26N2. The lowest BCUT2D eigenvalue weighted by Gasteiger charge is -2.40. The van der Waals surface area contributed by atoms with Crippen LogP contribution in [0.5, 0.6) is 0 Å². The summed E-state index contributed by atoms with van der Waals surface area (Å²) in [4.78, 5) is 2.60. The van der Waals surface area contributed by atoms with Crippen LogP contribution in [0, 0.1) is 0 Å². The molecule has 2 nitrogen and oxygen atoms in total. The number of rotatable bonds is 4. The number of nitrogens with two attached hydrogens (primary N) is 1. The minimum Gasteiger partial charge on any atom is -0.327 e. The number of likely N-dealkylation sites (tertiary alicyclic amines) is 1. The number of piperidine rings is 1. The van der Waals surface area contributed by atoms with Gasteiger partial charge in [-0.25, -0.2) is 0 Å². The monoisotopic (exact) mass is 198 g/mol. The molecule has 0 aromatic heterocycles. The van der Waals surface area contributed by atoms with E-state index in [9.17, 15) is 0 Å². The second kappa shape index (κ2) is 5.72. The van der Waals surface area contributed by atoms with Gasteiger partial charge in [-0.1, -0.05) is 19.8 Å². The summed E-state index contributed by atoms with van der Waals surface area (Å²) in [7, 11) is 0. The van der Waals surface area contributed by atoms with Gasteiger partial charge in [0.25, 0.3) is 0 Å². The van der Waals surface area contributed by atoms with E-state index in [-0.39, 0.29) is 0 Å². The second-order valence-corrected chi connectivity index (χ2v) is 4.87. The predicted molar refractivity (Wildman–Crippen MR) is 62.4 cm³/mol. The smallest absolute Gasteiger partial charge is 0.0167 e. The van der Waals surface area contributed by atoms with Gasteiger partial charge in [0.15, 0.2) is 0 Å². The molecule has 84 valence electrons. The third-order valence-electron chi connectivity index (χ3n) is 3.48. The number of nitrogens with zero attached hydrogens (tertiary/aromatic N) is 1. The Morgan fingerprint density at radius 2 is 1.86 bits per heavy atom. The quantitative estimate of drug-likeness (QED) is 0.751. The molecule has 0 radical (unpaired) electrons. The van der Waals surface area contributed by atoms with Gasteiger partial charge in [-0.05, 0) is 33.1 Å². The fourth-order valence-corrected chi connectivity index (χ4v) is 2.57. The van der Waals surface area contributed by atoms with Gasteiger partial charge in [0.1, 0.15) is 0 Å². The molecule has 2 N–H and O–H groups in total. The van der Waals surface area contributed by atoms with Crippen molar-refractivity contribution >= 4 is 0 Å². The summed E-state index contributed by atoms with van der Waals surface area (Å²) in [5.41, 5.74) is 6.10. The van der Waals surface area contributed by atoms with Crippen LogP contribution >= 0.6 is 0 Å². The third kappa shape index (κ3) is 3.25. The Kier molecular flexibility index (Phi) is 4.90. The Morgan fingerprint density at radius 1 is 1.29 bits per heavy atom. The second-order valence-electron chi connectivity index (χ2n) is 4.87. The molecule has 2 heteroatoms. The van der Waals surface area contributed by atoms with E-state index in [4.69, 9.17) is 5.73 Å². The Hall–Kier alpha value is -0.0800. The van der Waals surface area contributed by atoms with Crippen LogP contribution in [0.1, 0.15) is 52.9 Å². The zero-order chi connectivity index (χ0) is 10.6. The normalized spacial score (nSPS) is 31.7. The van der Waals surface area contributed by atoms with Crippen LogP contribution in [0.3, 0.4) is 0 Å². The van der Waals surface area contributed by atoms with Crippen molar-refractivity contribution in [3.63, 3.8) is 0 Å². The summed E-state index contributed by atoms with van der Waals surface area (Å²) in [6.45, 7) is 7.99. The van der Waals surface area contributed by atoms with E-state index < -0.39 is 0 Å². The number of hydrogen-bond donors (Lipinski definition) is 1. The number of hydrogen-bond acceptors (Lipinski definition) is 2. The fourth-order valence-electron chi connectivity index (χ4n) is 2.57. The van der Waals surface area contributed by atoms with Crippen LogP contribution < -0.4 is 5.73 Å². The van der Waals surface area contributed by atoms with E-state index >= 15 is 0 Å². The minimum absolute atomic E-state index is 0.378. The molecule has 1 heterocycles. The topological polar surface area (TPSA) is 29.3 Å². The van der Waals surface area contributed by atoms with E-state index in [1.165, 1.54) is 25.7 Å². The summed E-state index contributed by atoms with van der Waals surface area (Å²) >= 11 is 0. The van der Waals surface area contributed by atoms with Gasteiger partial charge >= 0.3 is 0 Å². The van der Waals surface area contributed by atoms with Gasteiger partial charge in [0.2, 0.25) is 0 Å². The first-order valence-corrected chi connectivity index (χ1v) is 6.16. The maximum absolute atomic E-state index is 6.10. The summed E-state index contributed by atoms with van der Waals surface area (Å²) < 4.78 is 0. The van der Waals surface area contributed by atoms with Gasteiger partial charge < -0.3 is 5.73 Å². The highest BCUT2D eigenvalue weighted by Crippen LogP contribution is 2.22. The molecule has 1 rings (SSSR count). The van der Waals surface area contributed by atoms with Crippen LogP contribution in [-0.4, -0.2) is 29.6 Å². The molecule has 1 unspecified atom stereocenters. The Balaban J connectivity index is 2.39. The lowest BCUT2D eigenvalue weighted by atomic mass is 9.96. The molecule has 3 atom stereocenters. The third-order valence-corrected chi connectivity index (χ3v) is 3.48.